The van der Waals surface area contributed by atoms with Gasteiger partial charge in [-0.3, -0.25) is 4.79 Å². The summed E-state index contributed by atoms with van der Waals surface area (Å²) >= 11 is 6.25. The van der Waals surface area contributed by atoms with Crippen LogP contribution in [-0.4, -0.2) is 11.4 Å². The van der Waals surface area contributed by atoms with Crippen molar-refractivity contribution in [2.45, 2.75) is 44.7 Å². The fourth-order valence-corrected chi connectivity index (χ4v) is 4.45. The molecule has 1 amide bonds. The highest BCUT2D eigenvalue weighted by Gasteiger charge is 2.39. The van der Waals surface area contributed by atoms with Crippen molar-refractivity contribution in [2.75, 3.05) is 5.32 Å². The van der Waals surface area contributed by atoms with Gasteiger partial charge in [-0.15, -0.1) is 0 Å². The molecule has 0 saturated carbocycles. The molecule has 0 spiro atoms. The highest BCUT2D eigenvalue weighted by Crippen LogP contribution is 2.50. The van der Waals surface area contributed by atoms with Gasteiger partial charge in [0.1, 0.15) is 0 Å². The Labute approximate surface area is 165 Å². The molecule has 0 bridgehead atoms. The zero-order chi connectivity index (χ0) is 19.2. The SMILES string of the molecule is CC(C)(C)NC(=O)c1cccc2c1NC(c1cccc(Cl)c1)C1CC=CC21. The number of allylic oxidation sites excluding steroid dienone is 2. The van der Waals surface area contributed by atoms with E-state index in [4.69, 9.17) is 11.6 Å². The number of fused-ring (bicyclic) bond motifs is 3. The van der Waals surface area contributed by atoms with E-state index in [-0.39, 0.29) is 17.5 Å². The van der Waals surface area contributed by atoms with E-state index >= 15 is 0 Å². The number of anilines is 1. The van der Waals surface area contributed by atoms with Crippen LogP contribution in [0.15, 0.2) is 54.6 Å². The van der Waals surface area contributed by atoms with Gasteiger partial charge in [-0.1, -0.05) is 48.0 Å². The van der Waals surface area contributed by atoms with Gasteiger partial charge in [0.05, 0.1) is 17.3 Å². The van der Waals surface area contributed by atoms with Gasteiger partial charge in [-0.25, -0.2) is 0 Å². The lowest BCUT2D eigenvalue weighted by Crippen LogP contribution is -2.41. The fraction of sp³-hybridized carbons (Fsp3) is 0.348. The van der Waals surface area contributed by atoms with Crippen molar-refractivity contribution in [3.63, 3.8) is 0 Å². The molecule has 4 rings (SSSR count). The van der Waals surface area contributed by atoms with Crippen molar-refractivity contribution in [3.05, 3.63) is 76.3 Å². The Kier molecular flexibility index (Phi) is 4.51. The smallest absolute Gasteiger partial charge is 0.253 e. The molecule has 2 aliphatic rings. The van der Waals surface area contributed by atoms with Gasteiger partial charge >= 0.3 is 0 Å². The van der Waals surface area contributed by atoms with Gasteiger partial charge in [-0.05, 0) is 62.4 Å². The number of para-hydroxylation sites is 1. The van der Waals surface area contributed by atoms with E-state index in [0.717, 1.165) is 22.7 Å². The number of nitrogens with one attached hydrogen (secondary N) is 2. The van der Waals surface area contributed by atoms with Crippen LogP contribution >= 0.6 is 11.6 Å². The predicted octanol–water partition coefficient (Wildman–Crippen LogP) is 5.69. The van der Waals surface area contributed by atoms with E-state index in [1.165, 1.54) is 5.56 Å². The molecule has 2 N–H and O–H groups in total. The van der Waals surface area contributed by atoms with E-state index in [0.29, 0.717) is 17.4 Å². The van der Waals surface area contributed by atoms with Gasteiger partial charge in [0, 0.05) is 16.5 Å². The van der Waals surface area contributed by atoms with Crippen LogP contribution < -0.4 is 10.6 Å². The van der Waals surface area contributed by atoms with Crippen molar-refractivity contribution >= 4 is 23.2 Å². The summed E-state index contributed by atoms with van der Waals surface area (Å²) in [6.07, 6.45) is 5.56. The predicted molar refractivity (Wildman–Crippen MR) is 111 cm³/mol. The lowest BCUT2D eigenvalue weighted by atomic mass is 9.76. The third-order valence-electron chi connectivity index (χ3n) is 5.34. The number of hydrogen-bond acceptors (Lipinski definition) is 2. The van der Waals surface area contributed by atoms with Crippen LogP contribution in [0.5, 0.6) is 0 Å². The standard InChI is InChI=1S/C23H25ClN2O/c1-23(2,3)26-22(27)19-12-6-11-18-16-9-5-10-17(16)20(25-21(18)19)14-7-4-8-15(24)13-14/h4-9,11-13,16-17,20,25H,10H2,1-3H3,(H,26,27). The number of halogens is 1. The quantitative estimate of drug-likeness (QED) is 0.656. The maximum absolute atomic E-state index is 12.9. The third kappa shape index (κ3) is 3.49. The maximum atomic E-state index is 12.9. The first-order chi connectivity index (χ1) is 12.8. The van der Waals surface area contributed by atoms with Crippen LogP contribution in [-0.2, 0) is 0 Å². The highest BCUT2D eigenvalue weighted by molar-refractivity contribution is 6.30. The summed E-state index contributed by atoms with van der Waals surface area (Å²) in [5, 5.41) is 7.52. The van der Waals surface area contributed by atoms with Crippen LogP contribution in [0.2, 0.25) is 5.02 Å². The Balaban J connectivity index is 1.78. The minimum Gasteiger partial charge on any atom is -0.377 e. The van der Waals surface area contributed by atoms with E-state index in [9.17, 15) is 4.79 Å². The normalized spacial score (nSPS) is 23.3. The van der Waals surface area contributed by atoms with E-state index in [1.807, 2.05) is 51.1 Å². The number of carbonyl (C=O) groups excluding carboxylic acids is 1. The van der Waals surface area contributed by atoms with Crippen molar-refractivity contribution in [1.82, 2.24) is 5.32 Å². The summed E-state index contributed by atoms with van der Waals surface area (Å²) in [6, 6.07) is 14.2. The molecule has 1 aliphatic heterocycles. The lowest BCUT2D eigenvalue weighted by molar-refractivity contribution is 0.0920. The Hall–Kier alpha value is -2.26. The monoisotopic (exact) mass is 380 g/mol. The molecule has 0 fully saturated rings. The van der Waals surface area contributed by atoms with Gasteiger partial charge in [0.2, 0.25) is 0 Å². The van der Waals surface area contributed by atoms with Crippen LogP contribution in [0, 0.1) is 5.92 Å². The Morgan fingerprint density at radius 3 is 2.70 bits per heavy atom. The first-order valence-electron chi connectivity index (χ1n) is 9.47. The Bertz CT molecular complexity index is 913. The molecular formula is C23H25ClN2O. The lowest BCUT2D eigenvalue weighted by Gasteiger charge is -2.38. The molecule has 3 atom stereocenters. The Morgan fingerprint density at radius 2 is 1.96 bits per heavy atom. The molecule has 27 heavy (non-hydrogen) atoms. The molecule has 1 heterocycles. The van der Waals surface area contributed by atoms with Crippen molar-refractivity contribution in [3.8, 4) is 0 Å². The number of amides is 1. The van der Waals surface area contributed by atoms with Gasteiger partial charge in [0.25, 0.3) is 5.91 Å². The van der Waals surface area contributed by atoms with Gasteiger partial charge in [0.15, 0.2) is 0 Å². The Morgan fingerprint density at radius 1 is 1.19 bits per heavy atom. The van der Waals surface area contributed by atoms with Gasteiger partial charge < -0.3 is 10.6 Å². The minimum absolute atomic E-state index is 0.0443. The fourth-order valence-electron chi connectivity index (χ4n) is 4.25. The molecule has 2 aromatic rings. The highest BCUT2D eigenvalue weighted by atomic mass is 35.5. The van der Waals surface area contributed by atoms with Crippen molar-refractivity contribution in [2.24, 2.45) is 5.92 Å². The molecule has 0 radical (unpaired) electrons. The molecule has 2 aromatic carbocycles. The van der Waals surface area contributed by atoms with Crippen LogP contribution in [0.4, 0.5) is 5.69 Å². The second-order valence-electron chi connectivity index (χ2n) is 8.50. The summed E-state index contributed by atoms with van der Waals surface area (Å²) in [6.45, 7) is 5.99. The number of rotatable bonds is 2. The summed E-state index contributed by atoms with van der Waals surface area (Å²) in [7, 11) is 0. The summed E-state index contributed by atoms with van der Waals surface area (Å²) in [4.78, 5) is 12.9. The zero-order valence-corrected chi connectivity index (χ0v) is 16.7. The second-order valence-corrected chi connectivity index (χ2v) is 8.94. The molecular weight excluding hydrogens is 356 g/mol. The second kappa shape index (κ2) is 6.72. The summed E-state index contributed by atoms with van der Waals surface area (Å²) in [5.74, 6) is 0.696. The first kappa shape index (κ1) is 18.1. The summed E-state index contributed by atoms with van der Waals surface area (Å²) < 4.78 is 0. The largest absolute Gasteiger partial charge is 0.377 e. The molecule has 0 aromatic heterocycles. The van der Waals surface area contributed by atoms with E-state index in [1.54, 1.807) is 0 Å². The van der Waals surface area contributed by atoms with Crippen molar-refractivity contribution < 1.29 is 4.79 Å². The number of carbonyl (C=O) groups is 1. The molecule has 0 saturated heterocycles. The maximum Gasteiger partial charge on any atom is 0.253 e. The van der Waals surface area contributed by atoms with E-state index in [2.05, 4.69) is 34.9 Å². The number of hydrogen-bond donors (Lipinski definition) is 2. The number of benzene rings is 2. The topological polar surface area (TPSA) is 41.1 Å². The van der Waals surface area contributed by atoms with Crippen LogP contribution in [0.1, 0.15) is 60.6 Å². The van der Waals surface area contributed by atoms with E-state index < -0.39 is 0 Å². The molecule has 140 valence electrons. The average Bonchev–Trinajstić information content (AvgIpc) is 3.09. The van der Waals surface area contributed by atoms with Crippen LogP contribution in [0.25, 0.3) is 0 Å². The van der Waals surface area contributed by atoms with Crippen LogP contribution in [0.3, 0.4) is 0 Å². The van der Waals surface area contributed by atoms with Gasteiger partial charge in [-0.2, -0.15) is 0 Å². The minimum atomic E-state index is -0.281. The third-order valence-corrected chi connectivity index (χ3v) is 5.57. The molecule has 3 nitrogen and oxygen atoms in total. The molecule has 3 unspecified atom stereocenters. The first-order valence-corrected chi connectivity index (χ1v) is 9.85. The van der Waals surface area contributed by atoms with Crippen molar-refractivity contribution in [1.29, 1.82) is 0 Å². The molecule has 1 aliphatic carbocycles. The average molecular weight is 381 g/mol. The molecule has 4 heteroatoms. The zero-order valence-electron chi connectivity index (χ0n) is 15.9. The summed E-state index contributed by atoms with van der Waals surface area (Å²) in [5.41, 5.74) is 3.73.